The summed E-state index contributed by atoms with van der Waals surface area (Å²) in [5.74, 6) is -0.802. The van der Waals surface area contributed by atoms with Gasteiger partial charge in [0.25, 0.3) is 10.0 Å². The van der Waals surface area contributed by atoms with Gasteiger partial charge in [0.2, 0.25) is 0 Å². The number of carbonyl (C=O) groups is 1. The maximum absolute atomic E-state index is 12.6. The van der Waals surface area contributed by atoms with E-state index in [4.69, 9.17) is 9.84 Å². The summed E-state index contributed by atoms with van der Waals surface area (Å²) in [7, 11) is -0.589. The van der Waals surface area contributed by atoms with Gasteiger partial charge in [0.15, 0.2) is 10.8 Å². The second-order valence-electron chi connectivity index (χ2n) is 5.61. The van der Waals surface area contributed by atoms with Crippen molar-refractivity contribution in [2.75, 3.05) is 35.8 Å². The van der Waals surface area contributed by atoms with Gasteiger partial charge in [-0.2, -0.15) is 8.42 Å². The Balaban J connectivity index is 2.16. The molecule has 0 saturated carbocycles. The van der Waals surface area contributed by atoms with Gasteiger partial charge >= 0.3 is 5.97 Å². The Morgan fingerprint density at radius 3 is 2.85 bits per heavy atom. The van der Waals surface area contributed by atoms with E-state index in [9.17, 15) is 13.2 Å². The van der Waals surface area contributed by atoms with Crippen molar-refractivity contribution in [2.45, 2.75) is 5.03 Å². The monoisotopic (exact) mass is 378 g/mol. The SMILES string of the molecule is COc1c(/C=C/C(=O)O)c(NS(=O)(=O)c2ccc[nH]2)cc2c1NCN2C. The molecule has 0 fully saturated rings. The lowest BCUT2D eigenvalue weighted by atomic mass is 10.1. The number of fused-ring (bicyclic) bond motifs is 1. The van der Waals surface area contributed by atoms with Crippen molar-refractivity contribution in [2.24, 2.45) is 0 Å². The van der Waals surface area contributed by atoms with Crippen molar-refractivity contribution < 1.29 is 23.1 Å². The number of nitrogens with one attached hydrogen (secondary N) is 3. The predicted octanol–water partition coefficient (Wildman–Crippen LogP) is 1.74. The molecule has 0 aliphatic carbocycles. The van der Waals surface area contributed by atoms with E-state index in [1.54, 1.807) is 12.1 Å². The average molecular weight is 378 g/mol. The second kappa shape index (κ2) is 6.64. The van der Waals surface area contributed by atoms with E-state index in [1.807, 2.05) is 11.9 Å². The van der Waals surface area contributed by atoms with Crippen LogP contribution in [0, 0.1) is 0 Å². The first-order valence-electron chi connectivity index (χ1n) is 7.60. The summed E-state index contributed by atoms with van der Waals surface area (Å²) in [6.45, 7) is 0.514. The molecule has 1 aliphatic rings. The van der Waals surface area contributed by atoms with Gasteiger partial charge in [-0.05, 0) is 24.3 Å². The summed E-state index contributed by atoms with van der Waals surface area (Å²) in [6.07, 6.45) is 3.73. The van der Waals surface area contributed by atoms with Gasteiger partial charge in [-0.25, -0.2) is 4.79 Å². The van der Waals surface area contributed by atoms with Gasteiger partial charge in [-0.15, -0.1) is 0 Å². The minimum atomic E-state index is -3.87. The Bertz CT molecular complexity index is 967. The molecule has 9 nitrogen and oxygen atoms in total. The summed E-state index contributed by atoms with van der Waals surface area (Å²) in [5, 5.41) is 12.1. The van der Waals surface area contributed by atoms with Crippen LogP contribution >= 0.6 is 0 Å². The Morgan fingerprint density at radius 1 is 1.46 bits per heavy atom. The normalized spacial score (nSPS) is 13.5. The molecule has 2 heterocycles. The third kappa shape index (κ3) is 3.18. The number of H-pyrrole nitrogens is 1. The van der Waals surface area contributed by atoms with E-state index in [-0.39, 0.29) is 10.7 Å². The molecule has 4 N–H and O–H groups in total. The van der Waals surface area contributed by atoms with Crippen molar-refractivity contribution >= 4 is 39.1 Å². The van der Waals surface area contributed by atoms with E-state index in [0.717, 1.165) is 11.8 Å². The molecule has 0 spiro atoms. The van der Waals surface area contributed by atoms with Gasteiger partial charge in [0.05, 0.1) is 25.2 Å². The molecule has 1 aromatic carbocycles. The number of hydrogen-bond donors (Lipinski definition) is 4. The third-order valence-corrected chi connectivity index (χ3v) is 5.22. The first-order chi connectivity index (χ1) is 12.3. The summed E-state index contributed by atoms with van der Waals surface area (Å²) in [6, 6.07) is 4.63. The topological polar surface area (TPSA) is 124 Å². The highest BCUT2D eigenvalue weighted by molar-refractivity contribution is 7.92. The fourth-order valence-corrected chi connectivity index (χ4v) is 3.76. The van der Waals surface area contributed by atoms with Crippen LogP contribution in [0.15, 0.2) is 35.5 Å². The first kappa shape index (κ1) is 17.7. The number of carboxylic acids is 1. The van der Waals surface area contributed by atoms with Crippen molar-refractivity contribution in [1.29, 1.82) is 0 Å². The number of methoxy groups -OCH3 is 1. The van der Waals surface area contributed by atoms with Gasteiger partial charge in [-0.1, -0.05) is 0 Å². The Morgan fingerprint density at radius 2 is 2.23 bits per heavy atom. The summed E-state index contributed by atoms with van der Waals surface area (Å²) >= 11 is 0. The minimum absolute atomic E-state index is 0.00314. The number of hydrogen-bond acceptors (Lipinski definition) is 6. The minimum Gasteiger partial charge on any atom is -0.494 e. The fourth-order valence-electron chi connectivity index (χ4n) is 2.71. The number of ether oxygens (including phenoxy) is 1. The Kier molecular flexibility index (Phi) is 4.51. The maximum Gasteiger partial charge on any atom is 0.328 e. The van der Waals surface area contributed by atoms with Gasteiger partial charge in [0.1, 0.15) is 5.69 Å². The maximum atomic E-state index is 12.6. The number of sulfonamides is 1. The van der Waals surface area contributed by atoms with Crippen LogP contribution < -0.4 is 19.7 Å². The molecule has 0 amide bonds. The number of rotatable bonds is 6. The van der Waals surface area contributed by atoms with Crippen LogP contribution in [0.1, 0.15) is 5.56 Å². The molecule has 1 aliphatic heterocycles. The molecule has 138 valence electrons. The molecular formula is C16H18N4O5S. The van der Waals surface area contributed by atoms with Crippen molar-refractivity contribution in [1.82, 2.24) is 4.98 Å². The highest BCUT2D eigenvalue weighted by Gasteiger charge is 2.26. The molecule has 2 aromatic rings. The van der Waals surface area contributed by atoms with E-state index >= 15 is 0 Å². The molecule has 0 saturated heterocycles. The standard InChI is InChI=1S/C16H18N4O5S/c1-20-9-18-15-12(20)8-11(10(16(15)25-2)5-6-14(21)22)19-26(23,24)13-4-3-7-17-13/h3-8,17-19H,9H2,1-2H3,(H,21,22)/b6-5+. The molecule has 0 radical (unpaired) electrons. The van der Waals surface area contributed by atoms with Crippen LogP contribution in [-0.2, 0) is 14.8 Å². The molecule has 0 unspecified atom stereocenters. The fraction of sp³-hybridized carbons (Fsp3) is 0.188. The number of aliphatic carboxylic acids is 1. The van der Waals surface area contributed by atoms with Gasteiger partial charge < -0.3 is 25.0 Å². The molecule has 3 rings (SSSR count). The molecular weight excluding hydrogens is 360 g/mol. The average Bonchev–Trinajstić information content (AvgIpc) is 3.23. The molecule has 1 aromatic heterocycles. The third-order valence-electron chi connectivity index (χ3n) is 3.90. The van der Waals surface area contributed by atoms with Crippen LogP contribution in [0.2, 0.25) is 0 Å². The highest BCUT2D eigenvalue weighted by Crippen LogP contribution is 2.46. The first-order valence-corrected chi connectivity index (χ1v) is 9.09. The number of anilines is 3. The number of aromatic nitrogens is 1. The van der Waals surface area contributed by atoms with Crippen molar-refractivity contribution in [3.05, 3.63) is 36.0 Å². The predicted molar refractivity (Wildman–Crippen MR) is 98.2 cm³/mol. The van der Waals surface area contributed by atoms with Crippen LogP contribution in [0.3, 0.4) is 0 Å². The summed E-state index contributed by atoms with van der Waals surface area (Å²) < 4.78 is 33.1. The number of carboxylic acid groups (broad SMARTS) is 1. The van der Waals surface area contributed by atoms with Gasteiger partial charge in [0, 0.05) is 24.9 Å². The molecule has 26 heavy (non-hydrogen) atoms. The van der Waals surface area contributed by atoms with E-state index in [2.05, 4.69) is 15.0 Å². The van der Waals surface area contributed by atoms with E-state index in [0.29, 0.717) is 23.7 Å². The number of benzene rings is 1. The molecule has 0 atom stereocenters. The largest absolute Gasteiger partial charge is 0.494 e. The van der Waals surface area contributed by atoms with Crippen LogP contribution in [0.25, 0.3) is 6.08 Å². The zero-order valence-electron chi connectivity index (χ0n) is 14.1. The second-order valence-corrected chi connectivity index (χ2v) is 7.26. The lowest BCUT2D eigenvalue weighted by molar-refractivity contribution is -0.131. The van der Waals surface area contributed by atoms with E-state index < -0.39 is 16.0 Å². The smallest absolute Gasteiger partial charge is 0.328 e. The highest BCUT2D eigenvalue weighted by atomic mass is 32.2. The Labute approximate surface area is 150 Å². The van der Waals surface area contributed by atoms with Crippen molar-refractivity contribution in [3.8, 4) is 5.75 Å². The molecule has 0 bridgehead atoms. The zero-order chi connectivity index (χ0) is 18.9. The van der Waals surface area contributed by atoms with Gasteiger partial charge in [-0.3, -0.25) is 4.72 Å². The van der Waals surface area contributed by atoms with Crippen LogP contribution in [0.5, 0.6) is 5.75 Å². The van der Waals surface area contributed by atoms with Crippen LogP contribution in [0.4, 0.5) is 17.1 Å². The number of nitrogens with zero attached hydrogens (tertiary/aromatic N) is 1. The van der Waals surface area contributed by atoms with Crippen LogP contribution in [-0.4, -0.2) is 45.3 Å². The lowest BCUT2D eigenvalue weighted by Crippen LogP contribution is -2.17. The van der Waals surface area contributed by atoms with Crippen molar-refractivity contribution in [3.63, 3.8) is 0 Å². The lowest BCUT2D eigenvalue weighted by Gasteiger charge is -2.18. The van der Waals surface area contributed by atoms with E-state index in [1.165, 1.54) is 25.4 Å². The quantitative estimate of drug-likeness (QED) is 0.565. The zero-order valence-corrected chi connectivity index (χ0v) is 14.9. The summed E-state index contributed by atoms with van der Waals surface area (Å²) in [5.41, 5.74) is 1.93. The molecule has 10 heteroatoms. The number of aromatic amines is 1. The Hall–Kier alpha value is -3.14. The summed E-state index contributed by atoms with van der Waals surface area (Å²) in [4.78, 5) is 15.5.